The van der Waals surface area contributed by atoms with Gasteiger partial charge >= 0.3 is 0 Å². The zero-order valence-corrected chi connectivity index (χ0v) is 15.0. The van der Waals surface area contributed by atoms with Gasteiger partial charge in [0.15, 0.2) is 0 Å². The zero-order valence-electron chi connectivity index (χ0n) is 14.1. The maximum Gasteiger partial charge on any atom is 0.240 e. The lowest BCUT2D eigenvalue weighted by Crippen LogP contribution is -2.25. The van der Waals surface area contributed by atoms with E-state index >= 15 is 0 Å². The van der Waals surface area contributed by atoms with E-state index < -0.39 is 10.0 Å². The molecule has 0 fully saturated rings. The molecule has 0 aliphatic heterocycles. The highest BCUT2D eigenvalue weighted by Gasteiger charge is 2.12. The summed E-state index contributed by atoms with van der Waals surface area (Å²) >= 11 is 0. The van der Waals surface area contributed by atoms with Gasteiger partial charge in [-0.3, -0.25) is 0 Å². The van der Waals surface area contributed by atoms with Crippen molar-refractivity contribution in [3.8, 4) is 11.1 Å². The first-order valence-corrected chi connectivity index (χ1v) is 9.74. The molecular formula is C21H21NO2S. The predicted molar refractivity (Wildman–Crippen MR) is 102 cm³/mol. The minimum atomic E-state index is -3.45. The molecule has 0 spiro atoms. The fraction of sp³-hybridized carbons (Fsp3) is 0.143. The van der Waals surface area contributed by atoms with Gasteiger partial charge in [-0.25, -0.2) is 13.1 Å². The Kier molecular flexibility index (Phi) is 5.31. The summed E-state index contributed by atoms with van der Waals surface area (Å²) in [6.07, 6.45) is 0.653. The number of hydrogen-bond donors (Lipinski definition) is 1. The van der Waals surface area contributed by atoms with Crippen molar-refractivity contribution < 1.29 is 8.42 Å². The SMILES string of the molecule is Cc1ccc(S(=O)(=O)NCCc2ccc(-c3ccccc3)cc2)cc1. The first-order valence-electron chi connectivity index (χ1n) is 8.25. The fourth-order valence-corrected chi connectivity index (χ4v) is 3.66. The van der Waals surface area contributed by atoms with E-state index in [0.717, 1.165) is 16.7 Å². The van der Waals surface area contributed by atoms with Gasteiger partial charge in [-0.15, -0.1) is 0 Å². The number of aryl methyl sites for hydroxylation is 1. The van der Waals surface area contributed by atoms with Crippen molar-refractivity contribution in [1.29, 1.82) is 0 Å². The van der Waals surface area contributed by atoms with Crippen LogP contribution in [0.5, 0.6) is 0 Å². The highest BCUT2D eigenvalue weighted by molar-refractivity contribution is 7.89. The van der Waals surface area contributed by atoms with E-state index in [4.69, 9.17) is 0 Å². The number of benzene rings is 3. The molecule has 0 unspecified atom stereocenters. The Morgan fingerprint density at radius 1 is 0.760 bits per heavy atom. The third kappa shape index (κ3) is 4.56. The number of sulfonamides is 1. The van der Waals surface area contributed by atoms with Gasteiger partial charge < -0.3 is 0 Å². The molecule has 0 aromatic heterocycles. The van der Waals surface area contributed by atoms with Crippen molar-refractivity contribution >= 4 is 10.0 Å². The first-order chi connectivity index (χ1) is 12.0. The summed E-state index contributed by atoms with van der Waals surface area (Å²) in [5, 5.41) is 0. The summed E-state index contributed by atoms with van der Waals surface area (Å²) in [7, 11) is -3.45. The maximum absolute atomic E-state index is 12.3. The van der Waals surface area contributed by atoms with Crippen LogP contribution in [-0.2, 0) is 16.4 Å². The average molecular weight is 351 g/mol. The van der Waals surface area contributed by atoms with Crippen LogP contribution in [0.4, 0.5) is 0 Å². The van der Waals surface area contributed by atoms with Crippen molar-refractivity contribution in [1.82, 2.24) is 4.72 Å². The molecule has 128 valence electrons. The maximum atomic E-state index is 12.3. The quantitative estimate of drug-likeness (QED) is 0.724. The minimum absolute atomic E-state index is 0.303. The van der Waals surface area contributed by atoms with Gasteiger partial charge in [0.2, 0.25) is 10.0 Å². The second-order valence-electron chi connectivity index (χ2n) is 6.02. The van der Waals surface area contributed by atoms with Gasteiger partial charge in [-0.05, 0) is 42.2 Å². The molecule has 0 saturated heterocycles. The van der Waals surface area contributed by atoms with Crippen LogP contribution in [-0.4, -0.2) is 15.0 Å². The van der Waals surface area contributed by atoms with Crippen molar-refractivity contribution in [2.75, 3.05) is 6.54 Å². The van der Waals surface area contributed by atoms with E-state index in [-0.39, 0.29) is 0 Å². The van der Waals surface area contributed by atoms with Gasteiger partial charge in [-0.2, -0.15) is 0 Å². The summed E-state index contributed by atoms with van der Waals surface area (Å²) in [4.78, 5) is 0.303. The van der Waals surface area contributed by atoms with Gasteiger partial charge in [0, 0.05) is 6.54 Å². The molecule has 1 N–H and O–H groups in total. The van der Waals surface area contributed by atoms with Crippen LogP contribution >= 0.6 is 0 Å². The fourth-order valence-electron chi connectivity index (χ4n) is 2.62. The first kappa shape index (κ1) is 17.4. The lowest BCUT2D eigenvalue weighted by molar-refractivity contribution is 0.581. The number of nitrogens with one attached hydrogen (secondary N) is 1. The largest absolute Gasteiger partial charge is 0.240 e. The Labute approximate surface area is 149 Å². The van der Waals surface area contributed by atoms with E-state index in [1.807, 2.05) is 37.3 Å². The van der Waals surface area contributed by atoms with E-state index in [9.17, 15) is 8.42 Å². The van der Waals surface area contributed by atoms with Gasteiger partial charge in [0.1, 0.15) is 0 Å². The topological polar surface area (TPSA) is 46.2 Å². The highest BCUT2D eigenvalue weighted by atomic mass is 32.2. The molecule has 4 heteroatoms. The van der Waals surface area contributed by atoms with E-state index in [1.165, 1.54) is 5.56 Å². The molecule has 3 nitrogen and oxygen atoms in total. The summed E-state index contributed by atoms with van der Waals surface area (Å²) in [5.41, 5.74) is 4.47. The molecule has 0 saturated carbocycles. The molecule has 0 heterocycles. The van der Waals surface area contributed by atoms with Crippen LogP contribution in [0.1, 0.15) is 11.1 Å². The van der Waals surface area contributed by atoms with Crippen molar-refractivity contribution in [3.63, 3.8) is 0 Å². The molecule has 0 aliphatic rings. The van der Waals surface area contributed by atoms with Gasteiger partial charge in [0.25, 0.3) is 0 Å². The molecule has 0 bridgehead atoms. The molecule has 3 aromatic carbocycles. The Bertz CT molecular complexity index is 916. The third-order valence-corrected chi connectivity index (χ3v) is 5.58. The molecule has 0 atom stereocenters. The average Bonchev–Trinajstić information content (AvgIpc) is 2.63. The lowest BCUT2D eigenvalue weighted by Gasteiger charge is -2.08. The third-order valence-electron chi connectivity index (χ3n) is 4.10. The predicted octanol–water partition coefficient (Wildman–Crippen LogP) is 4.18. The molecule has 0 amide bonds. The van der Waals surface area contributed by atoms with Crippen LogP contribution in [0.3, 0.4) is 0 Å². The van der Waals surface area contributed by atoms with E-state index in [0.29, 0.717) is 17.9 Å². The number of rotatable bonds is 6. The van der Waals surface area contributed by atoms with Crippen molar-refractivity contribution in [3.05, 3.63) is 90.0 Å². The molecule has 25 heavy (non-hydrogen) atoms. The molecule has 3 rings (SSSR count). The summed E-state index contributed by atoms with van der Waals surface area (Å²) < 4.78 is 27.2. The van der Waals surface area contributed by atoms with Gasteiger partial charge in [-0.1, -0.05) is 72.3 Å². The smallest absolute Gasteiger partial charge is 0.211 e. The Morgan fingerprint density at radius 3 is 2.00 bits per heavy atom. The highest BCUT2D eigenvalue weighted by Crippen LogP contribution is 2.19. The van der Waals surface area contributed by atoms with Crippen LogP contribution in [0, 0.1) is 6.92 Å². The van der Waals surface area contributed by atoms with Crippen LogP contribution in [0.15, 0.2) is 83.8 Å². The number of hydrogen-bond acceptors (Lipinski definition) is 2. The lowest BCUT2D eigenvalue weighted by atomic mass is 10.0. The minimum Gasteiger partial charge on any atom is -0.211 e. The van der Waals surface area contributed by atoms with Crippen LogP contribution in [0.2, 0.25) is 0 Å². The summed E-state index contributed by atoms with van der Waals surface area (Å²) in [5.74, 6) is 0. The van der Waals surface area contributed by atoms with Crippen molar-refractivity contribution in [2.24, 2.45) is 0 Å². The Hall–Kier alpha value is -2.43. The molecule has 0 aliphatic carbocycles. The van der Waals surface area contributed by atoms with E-state index in [2.05, 4.69) is 29.0 Å². The van der Waals surface area contributed by atoms with E-state index in [1.54, 1.807) is 24.3 Å². The Morgan fingerprint density at radius 2 is 1.36 bits per heavy atom. The zero-order chi connectivity index (χ0) is 17.7. The molecule has 0 radical (unpaired) electrons. The molecular weight excluding hydrogens is 330 g/mol. The van der Waals surface area contributed by atoms with Crippen molar-refractivity contribution in [2.45, 2.75) is 18.2 Å². The summed E-state index contributed by atoms with van der Waals surface area (Å²) in [6.45, 7) is 2.31. The normalized spacial score (nSPS) is 11.4. The second kappa shape index (κ2) is 7.64. The van der Waals surface area contributed by atoms with Gasteiger partial charge in [0.05, 0.1) is 4.90 Å². The molecule has 3 aromatic rings. The monoisotopic (exact) mass is 351 g/mol. The van der Waals surface area contributed by atoms with Crippen LogP contribution in [0.25, 0.3) is 11.1 Å². The Balaban J connectivity index is 1.59. The standard InChI is InChI=1S/C21H21NO2S/c1-17-7-13-21(14-8-17)25(23,24)22-16-15-18-9-11-20(12-10-18)19-5-3-2-4-6-19/h2-14,22H,15-16H2,1H3. The van der Waals surface area contributed by atoms with Crippen LogP contribution < -0.4 is 4.72 Å². The second-order valence-corrected chi connectivity index (χ2v) is 7.79. The summed E-state index contributed by atoms with van der Waals surface area (Å²) in [6, 6.07) is 25.3.